The molecule has 0 fully saturated rings. The van der Waals surface area contributed by atoms with Crippen LogP contribution in [0, 0.1) is 11.3 Å². The topological polar surface area (TPSA) is 89.9 Å². The molecule has 26 heavy (non-hydrogen) atoms. The first kappa shape index (κ1) is 17.7. The second-order valence-electron chi connectivity index (χ2n) is 5.16. The van der Waals surface area contributed by atoms with Gasteiger partial charge in [-0.15, -0.1) is 0 Å². The molecule has 0 atom stereocenters. The Labute approximate surface area is 147 Å². The lowest BCUT2D eigenvalue weighted by Crippen LogP contribution is -2.40. The summed E-state index contributed by atoms with van der Waals surface area (Å²) in [5.41, 5.74) is -3.51. The van der Waals surface area contributed by atoms with Crippen LogP contribution in [-0.4, -0.2) is 20.1 Å². The van der Waals surface area contributed by atoms with Crippen molar-refractivity contribution in [3.05, 3.63) is 50.8 Å². The average Bonchev–Trinajstić information content (AvgIpc) is 2.98. The van der Waals surface area contributed by atoms with Crippen LogP contribution in [0.4, 0.5) is 13.2 Å². The number of benzene rings is 1. The number of aromatic nitrogens is 3. The zero-order chi connectivity index (χ0) is 19.1. The van der Waals surface area contributed by atoms with E-state index in [1.165, 1.54) is 12.1 Å². The average molecular weight is 382 g/mol. The number of hydrogen-bond donors (Lipinski definition) is 0. The number of rotatable bonds is 3. The van der Waals surface area contributed by atoms with Crippen LogP contribution in [0.15, 0.2) is 33.9 Å². The predicted molar refractivity (Wildman–Crippen MR) is 86.6 cm³/mol. The number of nitriles is 1. The fourth-order valence-electron chi connectivity index (χ4n) is 2.38. The van der Waals surface area contributed by atoms with Gasteiger partial charge in [0, 0.05) is 13.1 Å². The summed E-state index contributed by atoms with van der Waals surface area (Å²) in [6, 6.07) is 6.54. The maximum absolute atomic E-state index is 12.9. The minimum atomic E-state index is -4.83. The summed E-state index contributed by atoms with van der Waals surface area (Å²) < 4.78 is 49.6. The molecule has 0 radical (unpaired) electrons. The summed E-state index contributed by atoms with van der Waals surface area (Å²) >= 11 is 1.08. The summed E-state index contributed by atoms with van der Waals surface area (Å²) in [6.07, 6.45) is -4.83. The lowest BCUT2D eigenvalue weighted by molar-refractivity contribution is -0.144. The number of halogens is 3. The molecule has 2 aromatic heterocycles. The first-order valence-corrected chi connectivity index (χ1v) is 7.81. The van der Waals surface area contributed by atoms with Gasteiger partial charge < -0.3 is 4.74 Å². The van der Waals surface area contributed by atoms with Crippen molar-refractivity contribution in [3.63, 3.8) is 0 Å². The van der Waals surface area contributed by atoms with Gasteiger partial charge in [0.15, 0.2) is 6.61 Å². The highest BCUT2D eigenvalue weighted by molar-refractivity contribution is 7.13. The maximum atomic E-state index is 12.9. The molecule has 0 aliphatic carbocycles. The summed E-state index contributed by atoms with van der Waals surface area (Å²) in [5, 5.41) is 9.03. The van der Waals surface area contributed by atoms with Gasteiger partial charge in [-0.25, -0.2) is 9.36 Å². The van der Waals surface area contributed by atoms with Crippen LogP contribution in [0.25, 0.3) is 15.8 Å². The third kappa shape index (κ3) is 2.95. The van der Waals surface area contributed by atoms with Crippen molar-refractivity contribution in [1.82, 2.24) is 13.5 Å². The molecule has 0 N–H and O–H groups in total. The van der Waals surface area contributed by atoms with E-state index in [4.69, 9.17) is 10.00 Å². The third-order valence-electron chi connectivity index (χ3n) is 3.56. The molecular formula is C15H9F3N4O3S. The van der Waals surface area contributed by atoms with Crippen molar-refractivity contribution in [2.75, 3.05) is 6.61 Å². The molecule has 0 aliphatic heterocycles. The molecule has 134 valence electrons. The number of nitrogens with zero attached hydrogens (tertiary/aromatic N) is 4. The van der Waals surface area contributed by atoms with E-state index in [0.29, 0.717) is 25.3 Å². The van der Waals surface area contributed by atoms with Crippen molar-refractivity contribution in [3.8, 4) is 17.6 Å². The molecule has 1 aromatic carbocycles. The van der Waals surface area contributed by atoms with Crippen molar-refractivity contribution < 1.29 is 17.9 Å². The molecule has 7 nitrogen and oxygen atoms in total. The molecule has 0 spiro atoms. The van der Waals surface area contributed by atoms with Crippen LogP contribution >= 0.6 is 11.5 Å². The molecule has 0 bridgehead atoms. The SMILES string of the molecule is Cn1c(C(F)(F)F)cc(=O)n(-c2ccc3snc(OCC#N)c3c2)c1=O. The minimum absolute atomic E-state index is 0.0684. The maximum Gasteiger partial charge on any atom is 0.431 e. The Balaban J connectivity index is 2.21. The van der Waals surface area contributed by atoms with Crippen LogP contribution in [-0.2, 0) is 13.2 Å². The first-order valence-electron chi connectivity index (χ1n) is 7.04. The number of ether oxygens (including phenoxy) is 1. The van der Waals surface area contributed by atoms with Crippen LogP contribution in [0.5, 0.6) is 5.88 Å². The van der Waals surface area contributed by atoms with Crippen molar-refractivity contribution >= 4 is 21.6 Å². The van der Waals surface area contributed by atoms with Gasteiger partial charge in [0.25, 0.3) is 5.56 Å². The second kappa shape index (κ2) is 6.30. The van der Waals surface area contributed by atoms with E-state index in [1.54, 1.807) is 12.1 Å². The van der Waals surface area contributed by atoms with Gasteiger partial charge in [0.2, 0.25) is 5.88 Å². The van der Waals surface area contributed by atoms with E-state index in [-0.39, 0.29) is 18.2 Å². The van der Waals surface area contributed by atoms with Gasteiger partial charge in [-0.2, -0.15) is 22.8 Å². The number of hydrogen-bond acceptors (Lipinski definition) is 6. The van der Waals surface area contributed by atoms with Crippen LogP contribution in [0.1, 0.15) is 5.69 Å². The highest BCUT2D eigenvalue weighted by Crippen LogP contribution is 2.30. The van der Waals surface area contributed by atoms with Gasteiger partial charge in [-0.05, 0) is 29.7 Å². The molecule has 3 rings (SSSR count). The molecule has 0 amide bonds. The summed E-state index contributed by atoms with van der Waals surface area (Å²) in [5.74, 6) is 0.144. The Hall–Kier alpha value is -3.13. The molecule has 2 heterocycles. The number of fused-ring (bicyclic) bond motifs is 1. The molecule has 0 unspecified atom stereocenters. The van der Waals surface area contributed by atoms with Crippen LogP contribution < -0.4 is 16.0 Å². The second-order valence-corrected chi connectivity index (χ2v) is 5.96. The predicted octanol–water partition coefficient (Wildman–Crippen LogP) is 2.07. The Bertz CT molecular complexity index is 1150. The van der Waals surface area contributed by atoms with Gasteiger partial charge in [0.1, 0.15) is 11.8 Å². The molecule has 11 heteroatoms. The Morgan fingerprint density at radius 3 is 2.69 bits per heavy atom. The Kier molecular flexibility index (Phi) is 4.29. The van der Waals surface area contributed by atoms with E-state index < -0.39 is 23.1 Å². The van der Waals surface area contributed by atoms with Crippen LogP contribution in [0.3, 0.4) is 0 Å². The summed E-state index contributed by atoms with van der Waals surface area (Å²) in [4.78, 5) is 24.5. The third-order valence-corrected chi connectivity index (χ3v) is 4.37. The standard InChI is InChI=1S/C15H9F3N4O3S/c1-21-11(15(16,17)18)7-12(23)22(14(21)24)8-2-3-10-9(6-8)13(20-26-10)25-5-4-19/h2-3,6-7H,5H2,1H3. The lowest BCUT2D eigenvalue weighted by atomic mass is 10.2. The monoisotopic (exact) mass is 382 g/mol. The molecule has 0 saturated heterocycles. The lowest BCUT2D eigenvalue weighted by Gasteiger charge is -2.14. The first-order chi connectivity index (χ1) is 12.2. The zero-order valence-corrected chi connectivity index (χ0v) is 13.9. The minimum Gasteiger partial charge on any atom is -0.461 e. The molecule has 0 aliphatic rings. The normalized spacial score (nSPS) is 11.5. The molecule has 3 aromatic rings. The highest BCUT2D eigenvalue weighted by Gasteiger charge is 2.35. The summed E-state index contributed by atoms with van der Waals surface area (Å²) in [7, 11) is 0.938. The number of alkyl halides is 3. The van der Waals surface area contributed by atoms with Gasteiger partial charge in [0.05, 0.1) is 15.8 Å². The van der Waals surface area contributed by atoms with Gasteiger partial charge in [-0.1, -0.05) is 0 Å². The zero-order valence-electron chi connectivity index (χ0n) is 13.1. The highest BCUT2D eigenvalue weighted by atomic mass is 32.1. The van der Waals surface area contributed by atoms with E-state index in [2.05, 4.69) is 4.37 Å². The largest absolute Gasteiger partial charge is 0.461 e. The van der Waals surface area contributed by atoms with Gasteiger partial charge >= 0.3 is 11.9 Å². The van der Waals surface area contributed by atoms with Crippen LogP contribution in [0.2, 0.25) is 0 Å². The Morgan fingerprint density at radius 2 is 2.04 bits per heavy atom. The Morgan fingerprint density at radius 1 is 1.31 bits per heavy atom. The van der Waals surface area contributed by atoms with Gasteiger partial charge in [-0.3, -0.25) is 9.36 Å². The fourth-order valence-corrected chi connectivity index (χ4v) is 3.09. The van der Waals surface area contributed by atoms with E-state index in [1.807, 2.05) is 0 Å². The van der Waals surface area contributed by atoms with E-state index in [9.17, 15) is 22.8 Å². The van der Waals surface area contributed by atoms with Crippen molar-refractivity contribution in [2.45, 2.75) is 6.18 Å². The van der Waals surface area contributed by atoms with Crippen molar-refractivity contribution in [1.29, 1.82) is 5.26 Å². The quantitative estimate of drug-likeness (QED) is 0.692. The van der Waals surface area contributed by atoms with Crippen molar-refractivity contribution in [2.24, 2.45) is 7.05 Å². The molecular weight excluding hydrogens is 373 g/mol. The van der Waals surface area contributed by atoms with E-state index in [0.717, 1.165) is 18.6 Å². The molecule has 0 saturated carbocycles. The van der Waals surface area contributed by atoms with E-state index >= 15 is 0 Å². The summed E-state index contributed by atoms with van der Waals surface area (Å²) in [6.45, 7) is -0.245. The fraction of sp³-hybridized carbons (Fsp3) is 0.200. The smallest absolute Gasteiger partial charge is 0.431 e.